The van der Waals surface area contributed by atoms with Gasteiger partial charge in [0.1, 0.15) is 5.75 Å². The van der Waals surface area contributed by atoms with Crippen molar-refractivity contribution in [2.75, 3.05) is 7.11 Å². The van der Waals surface area contributed by atoms with Crippen LogP contribution < -0.4 is 4.74 Å². The maximum absolute atomic E-state index is 11.7. The summed E-state index contributed by atoms with van der Waals surface area (Å²) >= 11 is 0. The van der Waals surface area contributed by atoms with Crippen LogP contribution in [0.4, 0.5) is 0 Å². The second kappa shape index (κ2) is 3.20. The predicted molar refractivity (Wildman–Crippen MR) is 63.9 cm³/mol. The minimum Gasteiger partial charge on any atom is -0.496 e. The smallest absolute Gasteiger partial charge is 0.186 e. The van der Waals surface area contributed by atoms with E-state index in [1.165, 1.54) is 0 Å². The molecule has 0 saturated carbocycles. The van der Waals surface area contributed by atoms with E-state index >= 15 is 0 Å². The van der Waals surface area contributed by atoms with Gasteiger partial charge in [0.25, 0.3) is 0 Å². The zero-order chi connectivity index (χ0) is 11.1. The first-order chi connectivity index (χ1) is 7.81. The van der Waals surface area contributed by atoms with Gasteiger partial charge in [-0.05, 0) is 23.6 Å². The minimum atomic E-state index is 0.0614. The van der Waals surface area contributed by atoms with Crippen molar-refractivity contribution in [3.05, 3.63) is 47.5 Å². The Kier molecular flexibility index (Phi) is 1.83. The number of hydrogen-bond donors (Lipinski definition) is 0. The van der Waals surface area contributed by atoms with Gasteiger partial charge >= 0.3 is 0 Å². The second-order valence-corrected chi connectivity index (χ2v) is 3.78. The van der Waals surface area contributed by atoms with Crippen molar-refractivity contribution in [1.29, 1.82) is 0 Å². The highest BCUT2D eigenvalue weighted by Gasteiger charge is 2.17. The maximum atomic E-state index is 11.7. The summed E-state index contributed by atoms with van der Waals surface area (Å²) in [5, 5.41) is 2.07. The zero-order valence-corrected chi connectivity index (χ0v) is 8.86. The predicted octanol–water partition coefficient (Wildman–Crippen LogP) is 3.06. The van der Waals surface area contributed by atoms with Crippen molar-refractivity contribution in [3.8, 4) is 5.75 Å². The van der Waals surface area contributed by atoms with Crippen LogP contribution in [0.5, 0.6) is 5.75 Å². The third-order valence-corrected chi connectivity index (χ3v) is 2.93. The minimum absolute atomic E-state index is 0.0614. The molecule has 1 aliphatic rings. The summed E-state index contributed by atoms with van der Waals surface area (Å²) in [5.74, 6) is 0.870. The molecule has 0 aliphatic heterocycles. The Balaban J connectivity index is 2.51. The lowest BCUT2D eigenvalue weighted by molar-refractivity contribution is 0.104. The van der Waals surface area contributed by atoms with Crippen LogP contribution in [0.25, 0.3) is 16.8 Å². The number of ether oxygens (including phenoxy) is 1. The molecule has 2 heteroatoms. The van der Waals surface area contributed by atoms with Gasteiger partial charge in [0.15, 0.2) is 5.78 Å². The zero-order valence-electron chi connectivity index (χ0n) is 8.86. The van der Waals surface area contributed by atoms with Crippen molar-refractivity contribution >= 4 is 22.6 Å². The number of carbonyl (C=O) groups is 1. The molecule has 0 saturated heterocycles. The average molecular weight is 210 g/mol. The van der Waals surface area contributed by atoms with Gasteiger partial charge in [0.05, 0.1) is 7.11 Å². The number of methoxy groups -OCH3 is 1. The number of benzene rings is 2. The lowest BCUT2D eigenvalue weighted by Crippen LogP contribution is -2.02. The molecule has 2 aromatic carbocycles. The number of hydrogen-bond acceptors (Lipinski definition) is 2. The summed E-state index contributed by atoms with van der Waals surface area (Å²) in [6.45, 7) is 0. The molecule has 0 unspecified atom stereocenters. The summed E-state index contributed by atoms with van der Waals surface area (Å²) in [6, 6.07) is 9.69. The van der Waals surface area contributed by atoms with E-state index in [-0.39, 0.29) is 5.78 Å². The van der Waals surface area contributed by atoms with Gasteiger partial charge in [-0.2, -0.15) is 0 Å². The van der Waals surface area contributed by atoms with Gasteiger partial charge in [-0.1, -0.05) is 24.3 Å². The van der Waals surface area contributed by atoms with Gasteiger partial charge in [-0.15, -0.1) is 0 Å². The van der Waals surface area contributed by atoms with Gasteiger partial charge in [-0.25, -0.2) is 0 Å². The Morgan fingerprint density at radius 3 is 2.75 bits per heavy atom. The Labute approximate surface area is 93.2 Å². The van der Waals surface area contributed by atoms with Crippen molar-refractivity contribution < 1.29 is 9.53 Å². The first kappa shape index (κ1) is 9.16. The molecule has 0 atom stereocenters. The highest BCUT2D eigenvalue weighted by atomic mass is 16.5. The molecule has 1 aliphatic carbocycles. The van der Waals surface area contributed by atoms with Crippen LogP contribution >= 0.6 is 0 Å². The van der Waals surface area contributed by atoms with E-state index in [0.717, 1.165) is 27.6 Å². The van der Waals surface area contributed by atoms with Gasteiger partial charge < -0.3 is 4.74 Å². The van der Waals surface area contributed by atoms with Crippen molar-refractivity contribution in [3.63, 3.8) is 0 Å². The van der Waals surface area contributed by atoms with E-state index < -0.39 is 0 Å². The molecule has 0 aromatic heterocycles. The van der Waals surface area contributed by atoms with Crippen LogP contribution in [-0.4, -0.2) is 12.9 Å². The molecule has 78 valence electrons. The molecule has 0 heterocycles. The number of rotatable bonds is 1. The molecule has 2 nitrogen and oxygen atoms in total. The molecule has 16 heavy (non-hydrogen) atoms. The van der Waals surface area contributed by atoms with Crippen molar-refractivity contribution in [2.24, 2.45) is 0 Å². The molecular formula is C14H10O2. The third-order valence-electron chi connectivity index (χ3n) is 2.93. The molecule has 3 rings (SSSR count). The summed E-state index contributed by atoms with van der Waals surface area (Å²) in [5.41, 5.74) is 1.75. The van der Waals surface area contributed by atoms with Crippen LogP contribution in [0.1, 0.15) is 15.9 Å². The summed E-state index contributed by atoms with van der Waals surface area (Å²) < 4.78 is 5.31. The monoisotopic (exact) mass is 210 g/mol. The number of ketones is 1. The van der Waals surface area contributed by atoms with Crippen LogP contribution in [-0.2, 0) is 0 Å². The van der Waals surface area contributed by atoms with Crippen molar-refractivity contribution in [1.82, 2.24) is 0 Å². The van der Waals surface area contributed by atoms with Gasteiger partial charge in [0, 0.05) is 16.5 Å². The maximum Gasteiger partial charge on any atom is 0.186 e. The summed E-state index contributed by atoms with van der Waals surface area (Å²) in [7, 11) is 1.64. The average Bonchev–Trinajstić information content (AvgIpc) is 2.34. The van der Waals surface area contributed by atoms with Crippen LogP contribution in [0, 0.1) is 0 Å². The highest BCUT2D eigenvalue weighted by molar-refractivity contribution is 6.20. The largest absolute Gasteiger partial charge is 0.496 e. The van der Waals surface area contributed by atoms with E-state index in [0.29, 0.717) is 0 Å². The highest BCUT2D eigenvalue weighted by Crippen LogP contribution is 2.34. The molecule has 0 spiro atoms. The Hall–Kier alpha value is -2.09. The second-order valence-electron chi connectivity index (χ2n) is 3.78. The van der Waals surface area contributed by atoms with E-state index in [9.17, 15) is 4.79 Å². The fourth-order valence-corrected chi connectivity index (χ4v) is 2.19. The van der Waals surface area contributed by atoms with Crippen molar-refractivity contribution in [2.45, 2.75) is 0 Å². The van der Waals surface area contributed by atoms with Crippen LogP contribution in [0.3, 0.4) is 0 Å². The van der Waals surface area contributed by atoms with E-state index in [2.05, 4.69) is 0 Å². The summed E-state index contributed by atoms with van der Waals surface area (Å²) in [6.07, 6.45) is 3.43. The van der Waals surface area contributed by atoms with Gasteiger partial charge in [0.2, 0.25) is 0 Å². The summed E-state index contributed by atoms with van der Waals surface area (Å²) in [4.78, 5) is 11.7. The first-order valence-electron chi connectivity index (χ1n) is 5.13. The normalized spacial score (nSPS) is 13.2. The van der Waals surface area contributed by atoms with Crippen LogP contribution in [0.2, 0.25) is 0 Å². The number of carbonyl (C=O) groups excluding carboxylic acids is 1. The fraction of sp³-hybridized carbons (Fsp3) is 0.0714. The lowest BCUT2D eigenvalue weighted by Gasteiger charge is -2.14. The molecule has 0 bridgehead atoms. The first-order valence-corrected chi connectivity index (χ1v) is 5.13. The Bertz CT molecular complexity index is 624. The fourth-order valence-electron chi connectivity index (χ4n) is 2.19. The van der Waals surface area contributed by atoms with E-state index in [4.69, 9.17) is 4.74 Å². The number of allylic oxidation sites excluding steroid dienone is 1. The lowest BCUT2D eigenvalue weighted by atomic mass is 9.92. The molecule has 2 aromatic rings. The molecule has 0 amide bonds. The topological polar surface area (TPSA) is 26.3 Å². The third kappa shape index (κ3) is 1.10. The molecular weight excluding hydrogens is 200 g/mol. The van der Waals surface area contributed by atoms with Gasteiger partial charge in [-0.3, -0.25) is 4.79 Å². The molecule has 0 radical (unpaired) electrons. The SMILES string of the molecule is COc1ccc2cccc3c2c1C=CC3=O. The van der Waals surface area contributed by atoms with Crippen LogP contribution in [0.15, 0.2) is 36.4 Å². The Morgan fingerprint density at radius 1 is 1.06 bits per heavy atom. The molecule has 0 N–H and O–H groups in total. The quantitative estimate of drug-likeness (QED) is 0.723. The Morgan fingerprint density at radius 2 is 1.94 bits per heavy atom. The van der Waals surface area contributed by atoms with E-state index in [1.807, 2.05) is 36.4 Å². The standard InChI is InChI=1S/C14H10O2/c1-16-13-8-5-9-3-2-4-10-12(15)7-6-11(13)14(9)10/h2-8H,1H3. The van der Waals surface area contributed by atoms with E-state index in [1.54, 1.807) is 13.2 Å². The molecule has 0 fully saturated rings.